The fourth-order valence-corrected chi connectivity index (χ4v) is 2.29. The molecule has 0 fully saturated rings. The first-order chi connectivity index (χ1) is 10.7. The lowest BCUT2D eigenvalue weighted by molar-refractivity contribution is 0.106. The van der Waals surface area contributed by atoms with Crippen molar-refractivity contribution in [3.05, 3.63) is 65.7 Å². The lowest BCUT2D eigenvalue weighted by atomic mass is 10.1. The minimum Gasteiger partial charge on any atom is -0.491 e. The van der Waals surface area contributed by atoms with E-state index in [2.05, 4.69) is 29.6 Å². The first kappa shape index (κ1) is 16.5. The number of hydrogen-bond acceptors (Lipinski definition) is 3. The zero-order chi connectivity index (χ0) is 15.6. The van der Waals surface area contributed by atoms with Crippen LogP contribution < -0.4 is 10.1 Å². The molecule has 2 rings (SSSR count). The molecule has 3 nitrogen and oxygen atoms in total. The Balaban J connectivity index is 1.55. The van der Waals surface area contributed by atoms with E-state index in [9.17, 15) is 5.11 Å². The molecule has 0 aliphatic heterocycles. The van der Waals surface area contributed by atoms with Crippen LogP contribution in [0.15, 0.2) is 54.6 Å². The molecule has 2 aromatic carbocycles. The van der Waals surface area contributed by atoms with Gasteiger partial charge in [0.05, 0.1) is 0 Å². The molecule has 2 aromatic rings. The van der Waals surface area contributed by atoms with Crippen LogP contribution in [0.3, 0.4) is 0 Å². The van der Waals surface area contributed by atoms with Gasteiger partial charge in [0.1, 0.15) is 18.5 Å². The fourth-order valence-electron chi connectivity index (χ4n) is 2.29. The Kier molecular flexibility index (Phi) is 6.94. The van der Waals surface area contributed by atoms with Crippen LogP contribution in [-0.2, 0) is 6.42 Å². The Morgan fingerprint density at radius 3 is 2.68 bits per heavy atom. The number of benzene rings is 2. The van der Waals surface area contributed by atoms with Crippen molar-refractivity contribution in [2.75, 3.05) is 19.7 Å². The summed E-state index contributed by atoms with van der Waals surface area (Å²) in [4.78, 5) is 0. The van der Waals surface area contributed by atoms with Crippen molar-refractivity contribution in [2.24, 2.45) is 0 Å². The maximum Gasteiger partial charge on any atom is 0.119 e. The first-order valence-electron chi connectivity index (χ1n) is 7.86. The highest BCUT2D eigenvalue weighted by Crippen LogP contribution is 2.12. The molecule has 0 saturated carbocycles. The Bertz CT molecular complexity index is 542. The van der Waals surface area contributed by atoms with Gasteiger partial charge in [-0.1, -0.05) is 42.5 Å². The Hall–Kier alpha value is -1.84. The van der Waals surface area contributed by atoms with Crippen molar-refractivity contribution in [1.82, 2.24) is 5.32 Å². The number of hydrogen-bond donors (Lipinski definition) is 2. The highest BCUT2D eigenvalue weighted by atomic mass is 16.5. The van der Waals surface area contributed by atoms with E-state index in [1.165, 1.54) is 5.56 Å². The number of aliphatic hydroxyl groups is 1. The summed E-state index contributed by atoms with van der Waals surface area (Å²) in [6.45, 7) is 3.80. The van der Waals surface area contributed by atoms with Crippen molar-refractivity contribution in [3.63, 3.8) is 0 Å². The minimum absolute atomic E-state index is 0.315. The van der Waals surface area contributed by atoms with Crippen molar-refractivity contribution in [1.29, 1.82) is 0 Å². The summed E-state index contributed by atoms with van der Waals surface area (Å²) in [6.07, 6.45) is 1.64. The zero-order valence-electron chi connectivity index (χ0n) is 13.2. The topological polar surface area (TPSA) is 41.5 Å². The van der Waals surface area contributed by atoms with E-state index in [1.54, 1.807) is 0 Å². The van der Waals surface area contributed by atoms with Crippen molar-refractivity contribution in [3.8, 4) is 5.75 Å². The maximum atomic E-state index is 9.91. The molecule has 0 aromatic heterocycles. The number of ether oxygens (including phenoxy) is 1. The van der Waals surface area contributed by atoms with Gasteiger partial charge in [0.2, 0.25) is 0 Å². The molecule has 0 saturated heterocycles. The molecule has 0 aliphatic carbocycles. The minimum atomic E-state index is -0.489. The van der Waals surface area contributed by atoms with Gasteiger partial charge in [0, 0.05) is 6.54 Å². The SMILES string of the molecule is Cc1cccc(OCC(O)CNCCCc2ccccc2)c1. The molecule has 0 aliphatic rings. The molecule has 118 valence electrons. The number of aryl methyl sites for hydroxylation is 2. The van der Waals surface area contributed by atoms with Crippen LogP contribution in [0, 0.1) is 6.92 Å². The highest BCUT2D eigenvalue weighted by molar-refractivity contribution is 5.27. The summed E-state index contributed by atoms with van der Waals surface area (Å²) in [6, 6.07) is 18.3. The van der Waals surface area contributed by atoms with Gasteiger partial charge >= 0.3 is 0 Å². The van der Waals surface area contributed by atoms with Crippen molar-refractivity contribution >= 4 is 0 Å². The predicted molar refractivity (Wildman–Crippen MR) is 90.3 cm³/mol. The smallest absolute Gasteiger partial charge is 0.119 e. The van der Waals surface area contributed by atoms with Crippen LogP contribution in [0.25, 0.3) is 0 Å². The third-order valence-corrected chi connectivity index (χ3v) is 3.47. The van der Waals surface area contributed by atoms with Gasteiger partial charge in [0.25, 0.3) is 0 Å². The number of nitrogens with one attached hydrogen (secondary N) is 1. The maximum absolute atomic E-state index is 9.91. The van der Waals surface area contributed by atoms with E-state index in [0.29, 0.717) is 13.2 Å². The zero-order valence-corrected chi connectivity index (χ0v) is 13.2. The van der Waals surface area contributed by atoms with E-state index >= 15 is 0 Å². The van der Waals surface area contributed by atoms with Crippen LogP contribution in [-0.4, -0.2) is 30.9 Å². The van der Waals surface area contributed by atoms with Gasteiger partial charge in [-0.2, -0.15) is 0 Å². The van der Waals surface area contributed by atoms with E-state index in [-0.39, 0.29) is 0 Å². The van der Waals surface area contributed by atoms with Gasteiger partial charge < -0.3 is 15.2 Å². The molecular formula is C19H25NO2. The molecular weight excluding hydrogens is 274 g/mol. The first-order valence-corrected chi connectivity index (χ1v) is 7.86. The lowest BCUT2D eigenvalue weighted by Gasteiger charge is -2.13. The van der Waals surface area contributed by atoms with Gasteiger partial charge in [-0.3, -0.25) is 0 Å². The summed E-state index contributed by atoms with van der Waals surface area (Å²) in [5.74, 6) is 0.808. The van der Waals surface area contributed by atoms with Crippen LogP contribution in [0.5, 0.6) is 5.75 Å². The standard InChI is InChI=1S/C19H25NO2/c1-16-7-5-11-19(13-16)22-15-18(21)14-20-12-6-10-17-8-3-2-4-9-17/h2-5,7-9,11,13,18,20-21H,6,10,12,14-15H2,1H3. The normalized spacial score (nSPS) is 12.1. The van der Waals surface area contributed by atoms with Gasteiger partial charge in [0.15, 0.2) is 0 Å². The lowest BCUT2D eigenvalue weighted by Crippen LogP contribution is -2.32. The second-order valence-corrected chi connectivity index (χ2v) is 5.57. The summed E-state index contributed by atoms with van der Waals surface area (Å²) in [5.41, 5.74) is 2.51. The molecule has 0 spiro atoms. The summed E-state index contributed by atoms with van der Waals surface area (Å²) in [7, 11) is 0. The predicted octanol–water partition coefficient (Wildman–Crippen LogP) is 2.96. The van der Waals surface area contributed by atoms with E-state index in [0.717, 1.165) is 30.7 Å². The Morgan fingerprint density at radius 1 is 1.09 bits per heavy atom. The summed E-state index contributed by atoms with van der Waals surface area (Å²) >= 11 is 0. The molecule has 2 N–H and O–H groups in total. The van der Waals surface area contributed by atoms with Gasteiger partial charge in [-0.05, 0) is 49.6 Å². The van der Waals surface area contributed by atoms with Gasteiger partial charge in [-0.15, -0.1) is 0 Å². The molecule has 0 amide bonds. The molecule has 1 unspecified atom stereocenters. The highest BCUT2D eigenvalue weighted by Gasteiger charge is 2.04. The van der Waals surface area contributed by atoms with Crippen LogP contribution in [0.2, 0.25) is 0 Å². The quantitative estimate of drug-likeness (QED) is 0.700. The third kappa shape index (κ3) is 6.29. The molecule has 0 heterocycles. The van der Waals surface area contributed by atoms with E-state index in [1.807, 2.05) is 37.3 Å². The third-order valence-electron chi connectivity index (χ3n) is 3.47. The van der Waals surface area contributed by atoms with Gasteiger partial charge in [-0.25, -0.2) is 0 Å². The largest absolute Gasteiger partial charge is 0.491 e. The molecule has 1 atom stereocenters. The molecule has 0 radical (unpaired) electrons. The summed E-state index contributed by atoms with van der Waals surface area (Å²) < 4.78 is 5.58. The van der Waals surface area contributed by atoms with E-state index < -0.39 is 6.10 Å². The molecule has 0 bridgehead atoms. The fraction of sp³-hybridized carbons (Fsp3) is 0.368. The average Bonchev–Trinajstić information content (AvgIpc) is 2.54. The number of aliphatic hydroxyl groups excluding tert-OH is 1. The van der Waals surface area contributed by atoms with E-state index in [4.69, 9.17) is 4.74 Å². The average molecular weight is 299 g/mol. The monoisotopic (exact) mass is 299 g/mol. The van der Waals surface area contributed by atoms with Crippen molar-refractivity contribution in [2.45, 2.75) is 25.9 Å². The second kappa shape index (κ2) is 9.23. The summed E-state index contributed by atoms with van der Waals surface area (Å²) in [5, 5.41) is 13.2. The van der Waals surface area contributed by atoms with Crippen LogP contribution >= 0.6 is 0 Å². The second-order valence-electron chi connectivity index (χ2n) is 5.57. The Morgan fingerprint density at radius 2 is 1.91 bits per heavy atom. The van der Waals surface area contributed by atoms with Crippen molar-refractivity contribution < 1.29 is 9.84 Å². The molecule has 22 heavy (non-hydrogen) atoms. The molecule has 3 heteroatoms. The van der Waals surface area contributed by atoms with Crippen LogP contribution in [0.1, 0.15) is 17.5 Å². The number of rotatable bonds is 9. The Labute approximate surface area is 133 Å². The van der Waals surface area contributed by atoms with Crippen LogP contribution in [0.4, 0.5) is 0 Å².